The predicted octanol–water partition coefficient (Wildman–Crippen LogP) is 3.13. The SMILES string of the molecule is CC(C)=COCC1CC2C3CCC(O3)C2C1. The van der Waals surface area contributed by atoms with Crippen LogP contribution >= 0.6 is 0 Å². The first-order chi connectivity index (χ1) is 7.74. The van der Waals surface area contributed by atoms with Crippen molar-refractivity contribution in [1.82, 2.24) is 0 Å². The minimum absolute atomic E-state index is 0.600. The van der Waals surface area contributed by atoms with Gasteiger partial charge in [-0.25, -0.2) is 0 Å². The quantitative estimate of drug-likeness (QED) is 0.683. The fourth-order valence-electron chi connectivity index (χ4n) is 3.88. The van der Waals surface area contributed by atoms with Gasteiger partial charge in [0.1, 0.15) is 0 Å². The zero-order chi connectivity index (χ0) is 11.1. The lowest BCUT2D eigenvalue weighted by molar-refractivity contribution is 0.0708. The Labute approximate surface area is 98.0 Å². The molecule has 2 heteroatoms. The summed E-state index contributed by atoms with van der Waals surface area (Å²) in [6, 6.07) is 0. The summed E-state index contributed by atoms with van der Waals surface area (Å²) >= 11 is 0. The normalized spacial score (nSPS) is 44.5. The second kappa shape index (κ2) is 4.06. The third-order valence-electron chi connectivity index (χ3n) is 4.45. The van der Waals surface area contributed by atoms with Crippen LogP contribution in [0.3, 0.4) is 0 Å². The van der Waals surface area contributed by atoms with Crippen LogP contribution in [-0.2, 0) is 9.47 Å². The Morgan fingerprint density at radius 1 is 1.19 bits per heavy atom. The molecule has 3 aliphatic rings. The number of fused-ring (bicyclic) bond motifs is 5. The van der Waals surface area contributed by atoms with E-state index in [9.17, 15) is 0 Å². The van der Waals surface area contributed by atoms with Gasteiger partial charge in [-0.15, -0.1) is 0 Å². The molecule has 90 valence electrons. The highest BCUT2D eigenvalue weighted by Gasteiger charge is 2.53. The molecule has 2 aliphatic heterocycles. The molecule has 0 aromatic carbocycles. The molecule has 0 aromatic rings. The van der Waals surface area contributed by atoms with Crippen LogP contribution in [0.15, 0.2) is 11.8 Å². The van der Waals surface area contributed by atoms with E-state index in [0.29, 0.717) is 12.2 Å². The standard InChI is InChI=1S/C14H22O2/c1-9(2)7-15-8-10-5-11-12(6-10)14-4-3-13(11)16-14/h7,10-14H,3-6,8H2,1-2H3. The molecule has 2 nitrogen and oxygen atoms in total. The summed E-state index contributed by atoms with van der Waals surface area (Å²) in [5.74, 6) is 2.50. The van der Waals surface area contributed by atoms with E-state index in [1.807, 2.05) is 6.26 Å². The first-order valence-electron chi connectivity index (χ1n) is 6.64. The molecule has 3 rings (SSSR count). The van der Waals surface area contributed by atoms with Crippen LogP contribution in [0, 0.1) is 17.8 Å². The van der Waals surface area contributed by atoms with Crippen LogP contribution in [0.1, 0.15) is 39.5 Å². The number of hydrogen-bond donors (Lipinski definition) is 0. The fourth-order valence-corrected chi connectivity index (χ4v) is 3.88. The lowest BCUT2D eigenvalue weighted by Gasteiger charge is -2.19. The Hall–Kier alpha value is -0.500. The first kappa shape index (κ1) is 10.6. The summed E-state index contributed by atoms with van der Waals surface area (Å²) in [4.78, 5) is 0. The molecule has 3 fully saturated rings. The Kier molecular flexibility index (Phi) is 2.70. The van der Waals surface area contributed by atoms with Gasteiger partial charge in [0.05, 0.1) is 25.1 Å². The summed E-state index contributed by atoms with van der Waals surface area (Å²) in [5.41, 5.74) is 1.25. The zero-order valence-electron chi connectivity index (χ0n) is 10.3. The second-order valence-corrected chi connectivity index (χ2v) is 5.98. The molecule has 0 radical (unpaired) electrons. The smallest absolute Gasteiger partial charge is 0.0901 e. The van der Waals surface area contributed by atoms with Gasteiger partial charge in [-0.1, -0.05) is 0 Å². The third-order valence-corrected chi connectivity index (χ3v) is 4.45. The lowest BCUT2D eigenvalue weighted by Crippen LogP contribution is -2.21. The van der Waals surface area contributed by atoms with Crippen molar-refractivity contribution >= 4 is 0 Å². The molecule has 16 heavy (non-hydrogen) atoms. The second-order valence-electron chi connectivity index (χ2n) is 5.98. The maximum atomic E-state index is 5.98. The van der Waals surface area contributed by atoms with Gasteiger partial charge in [0, 0.05) is 0 Å². The van der Waals surface area contributed by atoms with Gasteiger partial charge in [0.15, 0.2) is 0 Å². The van der Waals surface area contributed by atoms with E-state index in [2.05, 4.69) is 13.8 Å². The molecule has 0 N–H and O–H groups in total. The van der Waals surface area contributed by atoms with Crippen LogP contribution in [0.4, 0.5) is 0 Å². The summed E-state index contributed by atoms with van der Waals surface area (Å²) in [5, 5.41) is 0. The van der Waals surface area contributed by atoms with Crippen molar-refractivity contribution < 1.29 is 9.47 Å². The van der Waals surface area contributed by atoms with Crippen molar-refractivity contribution in [3.05, 3.63) is 11.8 Å². The first-order valence-corrected chi connectivity index (χ1v) is 6.64. The average Bonchev–Trinajstić information content (AvgIpc) is 2.87. The van der Waals surface area contributed by atoms with E-state index >= 15 is 0 Å². The number of hydrogen-bond acceptors (Lipinski definition) is 2. The molecule has 2 heterocycles. The molecule has 0 aromatic heterocycles. The fraction of sp³-hybridized carbons (Fsp3) is 0.857. The molecule has 2 bridgehead atoms. The van der Waals surface area contributed by atoms with E-state index < -0.39 is 0 Å². The minimum Gasteiger partial charge on any atom is -0.501 e. The van der Waals surface area contributed by atoms with E-state index in [-0.39, 0.29) is 0 Å². The highest BCUT2D eigenvalue weighted by molar-refractivity contribution is 5.01. The van der Waals surface area contributed by atoms with Crippen LogP contribution in [-0.4, -0.2) is 18.8 Å². The van der Waals surface area contributed by atoms with Gasteiger partial charge in [-0.2, -0.15) is 0 Å². The summed E-state index contributed by atoms with van der Waals surface area (Å²) in [6.45, 7) is 5.08. The van der Waals surface area contributed by atoms with Crippen molar-refractivity contribution in [2.45, 2.75) is 51.7 Å². The minimum atomic E-state index is 0.600. The highest BCUT2D eigenvalue weighted by Crippen LogP contribution is 2.53. The van der Waals surface area contributed by atoms with Crippen molar-refractivity contribution in [3.63, 3.8) is 0 Å². The van der Waals surface area contributed by atoms with Gasteiger partial charge >= 0.3 is 0 Å². The molecule has 0 spiro atoms. The van der Waals surface area contributed by atoms with Gasteiger partial charge in [-0.05, 0) is 62.9 Å². The van der Waals surface area contributed by atoms with E-state index in [0.717, 1.165) is 24.4 Å². The van der Waals surface area contributed by atoms with Gasteiger partial charge in [0.2, 0.25) is 0 Å². The number of allylic oxidation sites excluding steroid dienone is 1. The van der Waals surface area contributed by atoms with E-state index in [4.69, 9.17) is 9.47 Å². The Bertz CT molecular complexity index is 275. The molecule has 1 aliphatic carbocycles. The summed E-state index contributed by atoms with van der Waals surface area (Å²) in [6.07, 6.45) is 8.40. The number of ether oxygens (including phenoxy) is 2. The maximum Gasteiger partial charge on any atom is 0.0901 e. The van der Waals surface area contributed by atoms with Crippen LogP contribution in [0.25, 0.3) is 0 Å². The van der Waals surface area contributed by atoms with Crippen molar-refractivity contribution in [2.75, 3.05) is 6.61 Å². The maximum absolute atomic E-state index is 5.98. The van der Waals surface area contributed by atoms with Gasteiger partial charge in [-0.3, -0.25) is 0 Å². The van der Waals surface area contributed by atoms with Crippen LogP contribution in [0.2, 0.25) is 0 Å². The van der Waals surface area contributed by atoms with E-state index in [1.165, 1.54) is 31.3 Å². The predicted molar refractivity (Wildman–Crippen MR) is 63.0 cm³/mol. The molecular formula is C14H22O2. The molecular weight excluding hydrogens is 200 g/mol. The van der Waals surface area contributed by atoms with E-state index in [1.54, 1.807) is 0 Å². The van der Waals surface area contributed by atoms with Crippen molar-refractivity contribution in [1.29, 1.82) is 0 Å². The largest absolute Gasteiger partial charge is 0.501 e. The van der Waals surface area contributed by atoms with Crippen molar-refractivity contribution in [3.8, 4) is 0 Å². The van der Waals surface area contributed by atoms with Crippen LogP contribution < -0.4 is 0 Å². The highest BCUT2D eigenvalue weighted by atomic mass is 16.5. The Morgan fingerprint density at radius 2 is 1.81 bits per heavy atom. The Balaban J connectivity index is 1.52. The topological polar surface area (TPSA) is 18.5 Å². The number of rotatable bonds is 3. The molecule has 1 saturated carbocycles. The summed E-state index contributed by atoms with van der Waals surface area (Å²) < 4.78 is 11.6. The molecule has 2 saturated heterocycles. The van der Waals surface area contributed by atoms with Gasteiger partial charge in [0.25, 0.3) is 0 Å². The van der Waals surface area contributed by atoms with Crippen molar-refractivity contribution in [2.24, 2.45) is 17.8 Å². The Morgan fingerprint density at radius 3 is 2.38 bits per heavy atom. The van der Waals surface area contributed by atoms with Crippen LogP contribution in [0.5, 0.6) is 0 Å². The average molecular weight is 222 g/mol. The third kappa shape index (κ3) is 1.77. The molecule has 0 amide bonds. The monoisotopic (exact) mass is 222 g/mol. The lowest BCUT2D eigenvalue weighted by atomic mass is 9.82. The van der Waals surface area contributed by atoms with Gasteiger partial charge < -0.3 is 9.47 Å². The zero-order valence-corrected chi connectivity index (χ0v) is 10.3. The molecule has 4 unspecified atom stereocenters. The molecule has 4 atom stereocenters. The summed E-state index contributed by atoms with van der Waals surface area (Å²) in [7, 11) is 0.